The third kappa shape index (κ3) is 6.05. The third-order valence-electron chi connectivity index (χ3n) is 6.48. The van der Waals surface area contributed by atoms with Gasteiger partial charge in [0, 0.05) is 0 Å². The average molecular weight is 465 g/mol. The number of allylic oxidation sites excluding steroid dienone is 1. The average Bonchev–Trinajstić information content (AvgIpc) is 2.75. The molecule has 0 aromatic carbocycles. The van der Waals surface area contributed by atoms with E-state index in [9.17, 15) is 35.7 Å². The third-order valence-corrected chi connectivity index (χ3v) is 6.48. The van der Waals surface area contributed by atoms with Crippen LogP contribution in [-0.4, -0.2) is 116 Å². The number of hydrogen-bond donors (Lipinski definition) is 7. The lowest BCUT2D eigenvalue weighted by Gasteiger charge is -2.41. The molecular weight excluding hydrogens is 428 g/mol. The van der Waals surface area contributed by atoms with Crippen LogP contribution < -0.4 is 0 Å². The van der Waals surface area contributed by atoms with Crippen molar-refractivity contribution in [1.29, 1.82) is 0 Å². The first kappa shape index (κ1) is 25.9. The zero-order chi connectivity index (χ0) is 23.6. The van der Waals surface area contributed by atoms with Crippen LogP contribution in [0.2, 0.25) is 0 Å². The van der Waals surface area contributed by atoms with Gasteiger partial charge in [0.05, 0.1) is 25.4 Å². The topological polar surface area (TPSA) is 179 Å². The zero-order valence-corrected chi connectivity index (χ0v) is 18.4. The Labute approximate surface area is 186 Å². The smallest absolute Gasteiger partial charge is 0.187 e. The monoisotopic (exact) mass is 464 g/mol. The van der Waals surface area contributed by atoms with Crippen LogP contribution in [0, 0.1) is 5.92 Å². The first-order chi connectivity index (χ1) is 15.0. The molecule has 0 amide bonds. The van der Waals surface area contributed by atoms with E-state index in [1.54, 1.807) is 13.8 Å². The number of aliphatic hydroxyl groups is 7. The van der Waals surface area contributed by atoms with Gasteiger partial charge in [-0.15, -0.1) is 0 Å². The minimum absolute atomic E-state index is 0.151. The first-order valence-electron chi connectivity index (χ1n) is 11.0. The van der Waals surface area contributed by atoms with Gasteiger partial charge in [-0.1, -0.05) is 6.08 Å². The Kier molecular flexibility index (Phi) is 8.67. The van der Waals surface area contributed by atoms with E-state index in [-0.39, 0.29) is 25.7 Å². The van der Waals surface area contributed by atoms with Crippen LogP contribution >= 0.6 is 0 Å². The molecule has 0 radical (unpaired) electrons. The Bertz CT molecular complexity index is 636. The molecule has 32 heavy (non-hydrogen) atoms. The maximum Gasteiger partial charge on any atom is 0.187 e. The molecule has 2 aliphatic heterocycles. The molecule has 2 fully saturated rings. The van der Waals surface area contributed by atoms with Crippen molar-refractivity contribution in [2.75, 3.05) is 19.8 Å². The highest BCUT2D eigenvalue weighted by atomic mass is 16.7. The van der Waals surface area contributed by atoms with E-state index in [4.69, 9.17) is 18.9 Å². The van der Waals surface area contributed by atoms with Crippen LogP contribution in [0.15, 0.2) is 11.6 Å². The maximum absolute atomic E-state index is 10.2. The van der Waals surface area contributed by atoms with E-state index in [1.165, 1.54) is 0 Å². The van der Waals surface area contributed by atoms with E-state index in [1.807, 2.05) is 6.08 Å². The summed E-state index contributed by atoms with van der Waals surface area (Å²) in [6.07, 6.45) is -8.08. The second-order valence-electron chi connectivity index (χ2n) is 9.40. The summed E-state index contributed by atoms with van der Waals surface area (Å²) < 4.78 is 21.8. The van der Waals surface area contributed by atoms with E-state index in [2.05, 4.69) is 0 Å². The lowest BCUT2D eigenvalue weighted by atomic mass is 9.80. The minimum atomic E-state index is -1.55. The fraction of sp³-hybridized carbons (Fsp3) is 0.905. The largest absolute Gasteiger partial charge is 0.390 e. The summed E-state index contributed by atoms with van der Waals surface area (Å²) in [4.78, 5) is 0. The summed E-state index contributed by atoms with van der Waals surface area (Å²) in [5.41, 5.74) is 0.226. The predicted molar refractivity (Wildman–Crippen MR) is 108 cm³/mol. The Morgan fingerprint density at radius 1 is 0.938 bits per heavy atom. The summed E-state index contributed by atoms with van der Waals surface area (Å²) >= 11 is 0. The van der Waals surface area contributed by atoms with Crippen LogP contribution in [0.4, 0.5) is 0 Å². The van der Waals surface area contributed by atoms with Gasteiger partial charge in [-0.25, -0.2) is 0 Å². The van der Waals surface area contributed by atoms with E-state index in [0.717, 1.165) is 18.4 Å². The van der Waals surface area contributed by atoms with Gasteiger partial charge in [-0.3, -0.25) is 0 Å². The molecule has 0 saturated carbocycles. The lowest BCUT2D eigenvalue weighted by molar-refractivity contribution is -0.319. The van der Waals surface area contributed by atoms with Crippen molar-refractivity contribution in [1.82, 2.24) is 0 Å². The fourth-order valence-electron chi connectivity index (χ4n) is 4.16. The molecule has 3 aliphatic rings. The van der Waals surface area contributed by atoms with Gasteiger partial charge < -0.3 is 54.7 Å². The van der Waals surface area contributed by atoms with Crippen molar-refractivity contribution in [2.45, 2.75) is 94.0 Å². The highest BCUT2D eigenvalue weighted by Gasteiger charge is 2.46. The second-order valence-corrected chi connectivity index (χ2v) is 9.40. The first-order valence-corrected chi connectivity index (χ1v) is 11.0. The lowest BCUT2D eigenvalue weighted by Crippen LogP contribution is -2.60. The van der Waals surface area contributed by atoms with Gasteiger partial charge in [-0.2, -0.15) is 0 Å². The van der Waals surface area contributed by atoms with Gasteiger partial charge in [0.1, 0.15) is 42.7 Å². The highest BCUT2D eigenvalue weighted by molar-refractivity contribution is 5.09. The van der Waals surface area contributed by atoms with Crippen molar-refractivity contribution >= 4 is 0 Å². The van der Waals surface area contributed by atoms with Crippen LogP contribution in [0.25, 0.3) is 0 Å². The minimum Gasteiger partial charge on any atom is -0.390 e. The van der Waals surface area contributed by atoms with Crippen LogP contribution in [0.3, 0.4) is 0 Å². The van der Waals surface area contributed by atoms with Gasteiger partial charge in [-0.05, 0) is 44.6 Å². The number of ether oxygens (including phenoxy) is 4. The molecule has 7 N–H and O–H groups in total. The standard InChI is InChI=1S/C21H36O11/c1-21(2,28)11-5-3-10(4-6-11)7-29-20-18(27)16(25)15(24)13(32-20)9-31-19-17(26)14(23)12(22)8-30-19/h3,11-20,22-28H,4-9H2,1-2H3/t11-,12-,13-,14+,15-,16+,17-,18-,19+,20-/m0/s1. The van der Waals surface area contributed by atoms with E-state index < -0.39 is 60.9 Å². The van der Waals surface area contributed by atoms with Gasteiger partial charge in [0.25, 0.3) is 0 Å². The molecule has 10 atom stereocenters. The molecule has 0 aromatic heterocycles. The molecule has 11 nitrogen and oxygen atoms in total. The van der Waals surface area contributed by atoms with Gasteiger partial charge in [0.15, 0.2) is 12.6 Å². The molecule has 0 bridgehead atoms. The molecule has 0 unspecified atom stereocenters. The second kappa shape index (κ2) is 10.7. The molecule has 0 spiro atoms. The van der Waals surface area contributed by atoms with Crippen LogP contribution in [0.1, 0.15) is 33.1 Å². The van der Waals surface area contributed by atoms with Crippen LogP contribution in [-0.2, 0) is 18.9 Å². The summed E-state index contributed by atoms with van der Waals surface area (Å²) in [5, 5.41) is 70.0. The summed E-state index contributed by atoms with van der Waals surface area (Å²) in [6.45, 7) is 3.16. The SMILES string of the molecule is CC(C)(O)[C@H]1CC=C(CO[C@H]2O[C@@H](CO[C@H]3OC[C@H](O)[C@@H](O)[C@@H]3O)[C@H](O)[C@@H](O)[C@@H]2O)CC1. The Morgan fingerprint density at radius 3 is 2.25 bits per heavy atom. The van der Waals surface area contributed by atoms with Gasteiger partial charge >= 0.3 is 0 Å². The highest BCUT2D eigenvalue weighted by Crippen LogP contribution is 2.32. The molecule has 0 aromatic rings. The molecule has 1 aliphatic carbocycles. The van der Waals surface area contributed by atoms with Crippen molar-refractivity contribution in [3.63, 3.8) is 0 Å². The van der Waals surface area contributed by atoms with Gasteiger partial charge in [0.2, 0.25) is 0 Å². The molecule has 3 rings (SSSR count). The number of hydrogen-bond acceptors (Lipinski definition) is 11. The maximum atomic E-state index is 10.2. The number of aliphatic hydroxyl groups excluding tert-OH is 6. The Hall–Kier alpha value is -0.700. The molecule has 2 saturated heterocycles. The predicted octanol–water partition coefficient (Wildman–Crippen LogP) is -2.24. The van der Waals surface area contributed by atoms with Crippen molar-refractivity contribution < 1.29 is 54.7 Å². The van der Waals surface area contributed by atoms with Crippen LogP contribution in [0.5, 0.6) is 0 Å². The summed E-state index contributed by atoms with van der Waals surface area (Å²) in [6, 6.07) is 0. The summed E-state index contributed by atoms with van der Waals surface area (Å²) in [7, 11) is 0. The zero-order valence-electron chi connectivity index (χ0n) is 18.4. The normalized spacial score (nSPS) is 43.7. The molecule has 11 heteroatoms. The Balaban J connectivity index is 1.52. The van der Waals surface area contributed by atoms with Crippen molar-refractivity contribution in [3.8, 4) is 0 Å². The van der Waals surface area contributed by atoms with E-state index in [0.29, 0.717) is 6.42 Å². The molecule has 186 valence electrons. The fourth-order valence-corrected chi connectivity index (χ4v) is 4.16. The quantitative estimate of drug-likeness (QED) is 0.203. The molecule has 2 heterocycles. The molecular formula is C21H36O11. The van der Waals surface area contributed by atoms with Crippen molar-refractivity contribution in [2.24, 2.45) is 5.92 Å². The Morgan fingerprint density at radius 2 is 1.62 bits per heavy atom. The van der Waals surface area contributed by atoms with E-state index >= 15 is 0 Å². The number of rotatable bonds is 7. The summed E-state index contributed by atoms with van der Waals surface area (Å²) in [5.74, 6) is 0.151. The van der Waals surface area contributed by atoms with Crippen molar-refractivity contribution in [3.05, 3.63) is 11.6 Å².